The Morgan fingerprint density at radius 2 is 2.30 bits per heavy atom. The van der Waals surface area contributed by atoms with E-state index in [-0.39, 0.29) is 23.2 Å². The van der Waals surface area contributed by atoms with Gasteiger partial charge in [-0.3, -0.25) is 4.79 Å². The van der Waals surface area contributed by atoms with Crippen molar-refractivity contribution in [3.05, 3.63) is 52.4 Å². The van der Waals surface area contributed by atoms with E-state index in [9.17, 15) is 9.18 Å². The van der Waals surface area contributed by atoms with Crippen LogP contribution >= 0.6 is 15.9 Å². The summed E-state index contributed by atoms with van der Waals surface area (Å²) in [7, 11) is 0. The lowest BCUT2D eigenvalue weighted by Crippen LogP contribution is -2.20. The molecule has 1 saturated heterocycles. The number of pyridine rings is 1. The van der Waals surface area contributed by atoms with Crippen LogP contribution in [-0.4, -0.2) is 30.2 Å². The number of carbonyl (C=O) groups excluding carboxylic acids is 1. The van der Waals surface area contributed by atoms with E-state index in [0.717, 1.165) is 6.42 Å². The molecule has 7 heteroatoms. The molecule has 0 aliphatic carbocycles. The minimum atomic E-state index is -0.525. The number of anilines is 1. The van der Waals surface area contributed by atoms with Gasteiger partial charge in [0.15, 0.2) is 0 Å². The normalized spacial score (nSPS) is 17.0. The van der Waals surface area contributed by atoms with Crippen molar-refractivity contribution in [1.29, 1.82) is 0 Å². The van der Waals surface area contributed by atoms with Gasteiger partial charge >= 0.3 is 0 Å². The molecule has 1 aromatic heterocycles. The summed E-state index contributed by atoms with van der Waals surface area (Å²) in [5.41, 5.74) is 0.346. The van der Waals surface area contributed by atoms with Crippen LogP contribution in [0, 0.1) is 5.82 Å². The van der Waals surface area contributed by atoms with E-state index >= 15 is 0 Å². The van der Waals surface area contributed by atoms with Crippen LogP contribution in [0.4, 0.5) is 10.1 Å². The van der Waals surface area contributed by atoms with Gasteiger partial charge in [0.2, 0.25) is 5.88 Å². The summed E-state index contributed by atoms with van der Waals surface area (Å²) in [6.45, 7) is 1.10. The van der Waals surface area contributed by atoms with Gasteiger partial charge in [0.05, 0.1) is 18.9 Å². The van der Waals surface area contributed by atoms with Gasteiger partial charge in [-0.25, -0.2) is 9.37 Å². The lowest BCUT2D eigenvalue weighted by molar-refractivity contribution is 0.101. The van der Waals surface area contributed by atoms with E-state index in [1.807, 2.05) is 0 Å². The smallest absolute Gasteiger partial charge is 0.261 e. The van der Waals surface area contributed by atoms with Crippen LogP contribution < -0.4 is 10.1 Å². The lowest BCUT2D eigenvalue weighted by atomic mass is 10.2. The fourth-order valence-electron chi connectivity index (χ4n) is 2.20. The fourth-order valence-corrected chi connectivity index (χ4v) is 2.53. The number of nitrogens with one attached hydrogen (secondary N) is 1. The molecule has 1 atom stereocenters. The quantitative estimate of drug-likeness (QED) is 0.882. The van der Waals surface area contributed by atoms with Crippen molar-refractivity contribution in [1.82, 2.24) is 4.98 Å². The molecule has 0 bridgehead atoms. The summed E-state index contributed by atoms with van der Waals surface area (Å²) in [4.78, 5) is 16.5. The summed E-state index contributed by atoms with van der Waals surface area (Å²) in [5, 5.41) is 2.53. The summed E-state index contributed by atoms with van der Waals surface area (Å²) < 4.78 is 25.4. The molecule has 0 saturated carbocycles. The van der Waals surface area contributed by atoms with Crippen LogP contribution in [0.2, 0.25) is 0 Å². The van der Waals surface area contributed by atoms with Crippen molar-refractivity contribution in [3.8, 4) is 5.88 Å². The highest BCUT2D eigenvalue weighted by molar-refractivity contribution is 9.10. The Morgan fingerprint density at radius 1 is 1.43 bits per heavy atom. The zero-order chi connectivity index (χ0) is 16.2. The van der Waals surface area contributed by atoms with Crippen molar-refractivity contribution in [2.75, 3.05) is 18.5 Å². The molecule has 1 amide bonds. The molecule has 0 radical (unpaired) electrons. The Bertz CT molecular complexity index is 720. The van der Waals surface area contributed by atoms with E-state index < -0.39 is 11.7 Å². The Morgan fingerprint density at radius 3 is 3.04 bits per heavy atom. The topological polar surface area (TPSA) is 60.5 Å². The van der Waals surface area contributed by atoms with Gasteiger partial charge in [0, 0.05) is 17.1 Å². The predicted molar refractivity (Wildman–Crippen MR) is 86.1 cm³/mol. The molecule has 5 nitrogen and oxygen atoms in total. The fraction of sp³-hybridized carbons (Fsp3) is 0.250. The largest absolute Gasteiger partial charge is 0.471 e. The van der Waals surface area contributed by atoms with E-state index in [0.29, 0.717) is 17.7 Å². The number of rotatable bonds is 4. The van der Waals surface area contributed by atoms with Gasteiger partial charge in [0.1, 0.15) is 17.5 Å². The molecule has 3 rings (SSSR count). The monoisotopic (exact) mass is 380 g/mol. The number of carbonyl (C=O) groups is 1. The summed E-state index contributed by atoms with van der Waals surface area (Å²) in [5.74, 6) is -0.783. The van der Waals surface area contributed by atoms with Crippen LogP contribution in [0.3, 0.4) is 0 Å². The molecule has 1 aliphatic heterocycles. The molecular formula is C16H14BrFN2O3. The van der Waals surface area contributed by atoms with Crippen molar-refractivity contribution >= 4 is 27.5 Å². The molecule has 1 N–H and O–H groups in total. The van der Waals surface area contributed by atoms with Gasteiger partial charge in [-0.2, -0.15) is 0 Å². The van der Waals surface area contributed by atoms with Crippen molar-refractivity contribution in [3.63, 3.8) is 0 Å². The molecule has 1 aromatic carbocycles. The maximum atomic E-state index is 13.8. The van der Waals surface area contributed by atoms with E-state index in [2.05, 4.69) is 26.2 Å². The standard InChI is InChI=1S/C16H14BrFN2O3/c17-10-3-4-14(13(18)8-10)20-15(21)12-2-1-6-19-16(12)23-11-5-7-22-9-11/h1-4,6,8,11H,5,7,9H2,(H,20,21). The number of amides is 1. The maximum absolute atomic E-state index is 13.8. The maximum Gasteiger partial charge on any atom is 0.261 e. The molecule has 23 heavy (non-hydrogen) atoms. The Kier molecular flexibility index (Phi) is 4.88. The van der Waals surface area contributed by atoms with Crippen LogP contribution in [-0.2, 0) is 4.74 Å². The number of halogens is 2. The summed E-state index contributed by atoms with van der Waals surface area (Å²) in [6, 6.07) is 7.63. The molecule has 120 valence electrons. The third-order valence-electron chi connectivity index (χ3n) is 3.36. The van der Waals surface area contributed by atoms with E-state index in [1.165, 1.54) is 12.1 Å². The summed E-state index contributed by atoms with van der Waals surface area (Å²) >= 11 is 3.17. The minimum absolute atomic E-state index is 0.0946. The molecular weight excluding hydrogens is 367 g/mol. The average Bonchev–Trinajstić information content (AvgIpc) is 3.03. The second-order valence-corrected chi connectivity index (χ2v) is 5.95. The van der Waals surface area contributed by atoms with Crippen LogP contribution in [0.5, 0.6) is 5.88 Å². The van der Waals surface area contributed by atoms with Crippen molar-refractivity contribution < 1.29 is 18.7 Å². The van der Waals surface area contributed by atoms with Crippen molar-refractivity contribution in [2.45, 2.75) is 12.5 Å². The third kappa shape index (κ3) is 3.86. The second kappa shape index (κ2) is 7.06. The lowest BCUT2D eigenvalue weighted by Gasteiger charge is -2.14. The number of benzene rings is 1. The first kappa shape index (κ1) is 15.9. The number of aromatic nitrogens is 1. The van der Waals surface area contributed by atoms with Gasteiger partial charge in [0.25, 0.3) is 5.91 Å². The SMILES string of the molecule is O=C(Nc1ccc(Br)cc1F)c1cccnc1OC1CCOC1. The highest BCUT2D eigenvalue weighted by Crippen LogP contribution is 2.23. The van der Waals surface area contributed by atoms with E-state index in [1.54, 1.807) is 24.4 Å². The second-order valence-electron chi connectivity index (χ2n) is 5.04. The number of nitrogens with zero attached hydrogens (tertiary/aromatic N) is 1. The van der Waals surface area contributed by atoms with Gasteiger partial charge in [-0.05, 0) is 30.3 Å². The zero-order valence-corrected chi connectivity index (χ0v) is 13.7. The van der Waals surface area contributed by atoms with Crippen LogP contribution in [0.25, 0.3) is 0 Å². The highest BCUT2D eigenvalue weighted by atomic mass is 79.9. The average molecular weight is 381 g/mol. The Hall–Kier alpha value is -1.99. The highest BCUT2D eigenvalue weighted by Gasteiger charge is 2.22. The first-order chi connectivity index (χ1) is 11.1. The van der Waals surface area contributed by atoms with Gasteiger partial charge < -0.3 is 14.8 Å². The third-order valence-corrected chi connectivity index (χ3v) is 3.85. The molecule has 1 aliphatic rings. The van der Waals surface area contributed by atoms with Crippen LogP contribution in [0.1, 0.15) is 16.8 Å². The first-order valence-electron chi connectivity index (χ1n) is 7.09. The van der Waals surface area contributed by atoms with Gasteiger partial charge in [-0.15, -0.1) is 0 Å². The van der Waals surface area contributed by atoms with Gasteiger partial charge in [-0.1, -0.05) is 15.9 Å². The predicted octanol–water partition coefficient (Wildman–Crippen LogP) is 3.40. The molecule has 2 aromatic rings. The zero-order valence-electron chi connectivity index (χ0n) is 12.1. The van der Waals surface area contributed by atoms with E-state index in [4.69, 9.17) is 9.47 Å². The number of hydrogen-bond donors (Lipinski definition) is 1. The molecule has 1 fully saturated rings. The molecule has 0 spiro atoms. The van der Waals surface area contributed by atoms with Crippen LogP contribution in [0.15, 0.2) is 41.0 Å². The number of hydrogen-bond acceptors (Lipinski definition) is 4. The number of ether oxygens (including phenoxy) is 2. The molecule has 2 heterocycles. The minimum Gasteiger partial charge on any atom is -0.471 e. The first-order valence-corrected chi connectivity index (χ1v) is 7.88. The Labute approximate surface area is 140 Å². The summed E-state index contributed by atoms with van der Waals surface area (Å²) in [6.07, 6.45) is 2.17. The van der Waals surface area contributed by atoms with Crippen molar-refractivity contribution in [2.24, 2.45) is 0 Å². The molecule has 1 unspecified atom stereocenters. The Balaban J connectivity index is 1.78.